The number of hydrogen-bond acceptors (Lipinski definition) is 2. The highest BCUT2D eigenvalue weighted by Gasteiger charge is 2.18. The van der Waals surface area contributed by atoms with E-state index >= 15 is 0 Å². The van der Waals surface area contributed by atoms with E-state index in [1.165, 1.54) is 5.56 Å². The second-order valence-corrected chi connectivity index (χ2v) is 5.54. The van der Waals surface area contributed by atoms with Gasteiger partial charge in [-0.25, -0.2) is 0 Å². The Labute approximate surface area is 111 Å². The molecule has 0 saturated heterocycles. The molecule has 1 aromatic rings. The van der Waals surface area contributed by atoms with Crippen LogP contribution in [0.4, 0.5) is 0 Å². The molecule has 0 aliphatic carbocycles. The molecule has 0 aliphatic rings. The fourth-order valence-electron chi connectivity index (χ4n) is 1.46. The first-order chi connectivity index (χ1) is 8.01. The van der Waals surface area contributed by atoms with Crippen LogP contribution in [0.25, 0.3) is 0 Å². The van der Waals surface area contributed by atoms with Crippen LogP contribution in [0.3, 0.4) is 0 Å². The summed E-state index contributed by atoms with van der Waals surface area (Å²) in [5.74, 6) is 0.794. The summed E-state index contributed by atoms with van der Waals surface area (Å²) in [6.45, 7) is 7.06. The number of rotatable bonds is 6. The summed E-state index contributed by atoms with van der Waals surface area (Å²) in [4.78, 5) is 10.2. The molecule has 0 N–H and O–H groups in total. The molecule has 0 spiro atoms. The second-order valence-electron chi connectivity index (χ2n) is 4.69. The Morgan fingerprint density at radius 3 is 2.65 bits per heavy atom. The summed E-state index contributed by atoms with van der Waals surface area (Å²) >= 11 is 3.51. The minimum absolute atomic E-state index is 0.170. The van der Waals surface area contributed by atoms with Crippen molar-refractivity contribution in [3.8, 4) is 5.75 Å². The van der Waals surface area contributed by atoms with Crippen LogP contribution < -0.4 is 4.74 Å². The summed E-state index contributed by atoms with van der Waals surface area (Å²) in [6, 6.07) is 6.14. The van der Waals surface area contributed by atoms with Gasteiger partial charge in [-0.3, -0.25) is 0 Å². The standard InChI is InChI=1S/C14H19BrO2/c1-4-14(2,3)11-6-7-13(12(15)10-11)17-9-5-8-16/h6-8,10H,4-5,9H2,1-3H3. The average molecular weight is 299 g/mol. The highest BCUT2D eigenvalue weighted by molar-refractivity contribution is 9.10. The molecule has 0 aromatic heterocycles. The van der Waals surface area contributed by atoms with Gasteiger partial charge in [0.05, 0.1) is 11.1 Å². The van der Waals surface area contributed by atoms with E-state index in [0.717, 1.165) is 22.9 Å². The zero-order valence-corrected chi connectivity index (χ0v) is 12.2. The molecular formula is C14H19BrO2. The Morgan fingerprint density at radius 1 is 1.41 bits per heavy atom. The number of aldehydes is 1. The highest BCUT2D eigenvalue weighted by atomic mass is 79.9. The molecule has 0 bridgehead atoms. The fourth-order valence-corrected chi connectivity index (χ4v) is 1.95. The normalized spacial score (nSPS) is 11.3. The van der Waals surface area contributed by atoms with Crippen molar-refractivity contribution in [1.29, 1.82) is 0 Å². The zero-order valence-electron chi connectivity index (χ0n) is 10.6. The average Bonchev–Trinajstić information content (AvgIpc) is 2.31. The first-order valence-corrected chi connectivity index (χ1v) is 6.67. The maximum Gasteiger partial charge on any atom is 0.133 e. The maximum atomic E-state index is 10.2. The Balaban J connectivity index is 2.82. The smallest absolute Gasteiger partial charge is 0.133 e. The lowest BCUT2D eigenvalue weighted by molar-refractivity contribution is -0.108. The van der Waals surface area contributed by atoms with E-state index in [1.54, 1.807) is 0 Å². The summed E-state index contributed by atoms with van der Waals surface area (Å²) in [6.07, 6.45) is 2.38. The number of carbonyl (C=O) groups is 1. The van der Waals surface area contributed by atoms with Crippen molar-refractivity contribution in [3.05, 3.63) is 28.2 Å². The lowest BCUT2D eigenvalue weighted by Crippen LogP contribution is -2.15. The quantitative estimate of drug-likeness (QED) is 0.584. The molecule has 0 radical (unpaired) electrons. The van der Waals surface area contributed by atoms with E-state index in [-0.39, 0.29) is 5.41 Å². The van der Waals surface area contributed by atoms with Crippen molar-refractivity contribution in [2.45, 2.75) is 39.0 Å². The van der Waals surface area contributed by atoms with Crippen LogP contribution in [0.2, 0.25) is 0 Å². The Kier molecular flexibility index (Phi) is 5.19. The minimum atomic E-state index is 0.170. The summed E-state index contributed by atoms with van der Waals surface area (Å²) in [7, 11) is 0. The van der Waals surface area contributed by atoms with Crippen LogP contribution >= 0.6 is 15.9 Å². The molecule has 0 heterocycles. The molecule has 3 heteroatoms. The Bertz CT molecular complexity index is 386. The SMILES string of the molecule is CCC(C)(C)c1ccc(OCCC=O)c(Br)c1. The molecule has 0 unspecified atom stereocenters. The number of halogens is 1. The molecule has 1 aromatic carbocycles. The van der Waals surface area contributed by atoms with Crippen LogP contribution in [0.1, 0.15) is 39.2 Å². The van der Waals surface area contributed by atoms with E-state index < -0.39 is 0 Å². The number of hydrogen-bond donors (Lipinski definition) is 0. The van der Waals surface area contributed by atoms with Crippen molar-refractivity contribution < 1.29 is 9.53 Å². The van der Waals surface area contributed by atoms with E-state index in [1.807, 2.05) is 6.07 Å². The lowest BCUT2D eigenvalue weighted by Gasteiger charge is -2.24. The van der Waals surface area contributed by atoms with E-state index in [2.05, 4.69) is 48.8 Å². The third-order valence-electron chi connectivity index (χ3n) is 3.09. The lowest BCUT2D eigenvalue weighted by atomic mass is 9.82. The molecule has 1 rings (SSSR count). The van der Waals surface area contributed by atoms with Gasteiger partial charge in [0.2, 0.25) is 0 Å². The molecule has 94 valence electrons. The van der Waals surface area contributed by atoms with Gasteiger partial charge in [-0.2, -0.15) is 0 Å². The number of benzene rings is 1. The van der Waals surface area contributed by atoms with Crippen LogP contribution in [0, 0.1) is 0 Å². The minimum Gasteiger partial charge on any atom is -0.492 e. The molecule has 17 heavy (non-hydrogen) atoms. The monoisotopic (exact) mass is 298 g/mol. The zero-order chi connectivity index (χ0) is 12.9. The molecule has 0 saturated carbocycles. The van der Waals surface area contributed by atoms with Gasteiger partial charge in [0, 0.05) is 6.42 Å². The van der Waals surface area contributed by atoms with Crippen molar-refractivity contribution >= 4 is 22.2 Å². The molecule has 0 amide bonds. The van der Waals surface area contributed by atoms with Gasteiger partial charge in [0.25, 0.3) is 0 Å². The predicted octanol–water partition coefficient (Wildman–Crippen LogP) is 4.10. The molecule has 2 nitrogen and oxygen atoms in total. The van der Waals surface area contributed by atoms with Crippen molar-refractivity contribution in [1.82, 2.24) is 0 Å². The highest BCUT2D eigenvalue weighted by Crippen LogP contribution is 2.33. The van der Waals surface area contributed by atoms with Gasteiger partial charge in [-0.15, -0.1) is 0 Å². The molecule has 0 fully saturated rings. The third kappa shape index (κ3) is 3.84. The summed E-state index contributed by atoms with van der Waals surface area (Å²) < 4.78 is 6.45. The van der Waals surface area contributed by atoms with E-state index in [4.69, 9.17) is 4.74 Å². The van der Waals surface area contributed by atoms with E-state index in [9.17, 15) is 4.79 Å². The van der Waals surface area contributed by atoms with Gasteiger partial charge >= 0.3 is 0 Å². The van der Waals surface area contributed by atoms with Crippen LogP contribution in [-0.4, -0.2) is 12.9 Å². The molecule has 0 atom stereocenters. The fraction of sp³-hybridized carbons (Fsp3) is 0.500. The van der Waals surface area contributed by atoms with Crippen molar-refractivity contribution in [2.24, 2.45) is 0 Å². The van der Waals surface area contributed by atoms with Gasteiger partial charge in [0.15, 0.2) is 0 Å². The van der Waals surface area contributed by atoms with Crippen LogP contribution in [0.15, 0.2) is 22.7 Å². The van der Waals surface area contributed by atoms with Crippen molar-refractivity contribution in [2.75, 3.05) is 6.61 Å². The number of carbonyl (C=O) groups excluding carboxylic acids is 1. The third-order valence-corrected chi connectivity index (χ3v) is 3.71. The summed E-state index contributed by atoms with van der Waals surface area (Å²) in [5, 5.41) is 0. The first-order valence-electron chi connectivity index (χ1n) is 5.87. The summed E-state index contributed by atoms with van der Waals surface area (Å²) in [5.41, 5.74) is 1.46. The molecular weight excluding hydrogens is 280 g/mol. The van der Waals surface area contributed by atoms with Crippen LogP contribution in [-0.2, 0) is 10.2 Å². The Hall–Kier alpha value is -0.830. The van der Waals surface area contributed by atoms with Gasteiger partial charge < -0.3 is 9.53 Å². The maximum absolute atomic E-state index is 10.2. The first kappa shape index (κ1) is 14.2. The topological polar surface area (TPSA) is 26.3 Å². The Morgan fingerprint density at radius 2 is 2.12 bits per heavy atom. The largest absolute Gasteiger partial charge is 0.492 e. The van der Waals surface area contributed by atoms with Crippen molar-refractivity contribution in [3.63, 3.8) is 0 Å². The van der Waals surface area contributed by atoms with Gasteiger partial charge in [-0.05, 0) is 45.5 Å². The molecule has 0 aliphatic heterocycles. The van der Waals surface area contributed by atoms with Gasteiger partial charge in [0.1, 0.15) is 12.0 Å². The predicted molar refractivity (Wildman–Crippen MR) is 73.6 cm³/mol. The van der Waals surface area contributed by atoms with E-state index in [0.29, 0.717) is 13.0 Å². The second kappa shape index (κ2) is 6.20. The number of ether oxygens (including phenoxy) is 1. The van der Waals surface area contributed by atoms with Crippen LogP contribution in [0.5, 0.6) is 5.75 Å². The van der Waals surface area contributed by atoms with Gasteiger partial charge in [-0.1, -0.05) is 26.8 Å².